The number of aliphatic hydroxyl groups excluding tert-OH is 1. The third-order valence-electron chi connectivity index (χ3n) is 3.45. The van der Waals surface area contributed by atoms with Gasteiger partial charge in [-0.2, -0.15) is 0 Å². The fourth-order valence-corrected chi connectivity index (χ4v) is 2.26. The van der Waals surface area contributed by atoms with E-state index in [1.54, 1.807) is 6.20 Å². The van der Waals surface area contributed by atoms with Gasteiger partial charge in [0.25, 0.3) is 0 Å². The Balaban J connectivity index is 1.90. The zero-order chi connectivity index (χ0) is 13.7. The maximum Gasteiger partial charge on any atom is 0.0583 e. The molecule has 1 heterocycles. The van der Waals surface area contributed by atoms with Gasteiger partial charge >= 0.3 is 0 Å². The molecule has 1 atom stereocenters. The molecule has 1 N–H and O–H groups in total. The second-order valence-corrected chi connectivity index (χ2v) is 5.19. The topological polar surface area (TPSA) is 33.1 Å². The molecule has 0 bridgehead atoms. The van der Waals surface area contributed by atoms with Crippen molar-refractivity contribution >= 4 is 0 Å². The SMILES string of the molecule is Cc1ccc(C)c(CC(O)CCc2cccnc2)c1. The van der Waals surface area contributed by atoms with Crippen LogP contribution in [-0.4, -0.2) is 16.2 Å². The average Bonchev–Trinajstić information content (AvgIpc) is 2.42. The Labute approximate surface area is 115 Å². The summed E-state index contributed by atoms with van der Waals surface area (Å²) in [5.74, 6) is 0. The number of benzene rings is 1. The van der Waals surface area contributed by atoms with Crippen molar-refractivity contribution in [3.63, 3.8) is 0 Å². The van der Waals surface area contributed by atoms with Crippen LogP contribution < -0.4 is 0 Å². The van der Waals surface area contributed by atoms with E-state index in [0.29, 0.717) is 0 Å². The Morgan fingerprint density at radius 1 is 1.21 bits per heavy atom. The zero-order valence-corrected chi connectivity index (χ0v) is 11.6. The molecule has 0 amide bonds. The summed E-state index contributed by atoms with van der Waals surface area (Å²) in [6.45, 7) is 4.19. The molecule has 100 valence electrons. The lowest BCUT2D eigenvalue weighted by atomic mass is 9.97. The molecular formula is C17H21NO. The van der Waals surface area contributed by atoms with Gasteiger partial charge in [-0.05, 0) is 55.9 Å². The van der Waals surface area contributed by atoms with Gasteiger partial charge in [0.05, 0.1) is 6.10 Å². The van der Waals surface area contributed by atoms with Crippen LogP contribution in [0.15, 0.2) is 42.7 Å². The first-order valence-electron chi connectivity index (χ1n) is 6.78. The second-order valence-electron chi connectivity index (χ2n) is 5.19. The fourth-order valence-electron chi connectivity index (χ4n) is 2.26. The van der Waals surface area contributed by atoms with Gasteiger partial charge in [0.1, 0.15) is 0 Å². The molecule has 0 aliphatic heterocycles. The highest BCUT2D eigenvalue weighted by molar-refractivity contribution is 5.30. The molecule has 0 saturated heterocycles. The van der Waals surface area contributed by atoms with Gasteiger partial charge in [-0.1, -0.05) is 29.8 Å². The van der Waals surface area contributed by atoms with Gasteiger partial charge in [0, 0.05) is 12.4 Å². The Morgan fingerprint density at radius 2 is 2.05 bits per heavy atom. The van der Waals surface area contributed by atoms with E-state index >= 15 is 0 Å². The van der Waals surface area contributed by atoms with Gasteiger partial charge in [-0.15, -0.1) is 0 Å². The molecule has 0 spiro atoms. The first kappa shape index (κ1) is 13.8. The number of aromatic nitrogens is 1. The number of aliphatic hydroxyl groups is 1. The van der Waals surface area contributed by atoms with Crippen LogP contribution in [0.5, 0.6) is 0 Å². The van der Waals surface area contributed by atoms with E-state index in [1.165, 1.54) is 22.3 Å². The molecule has 1 unspecified atom stereocenters. The molecule has 0 fully saturated rings. The Kier molecular flexibility index (Phi) is 4.69. The van der Waals surface area contributed by atoms with Crippen molar-refractivity contribution < 1.29 is 5.11 Å². The number of pyridine rings is 1. The largest absolute Gasteiger partial charge is 0.393 e. The molecule has 0 aliphatic carbocycles. The van der Waals surface area contributed by atoms with E-state index in [9.17, 15) is 5.11 Å². The minimum atomic E-state index is -0.291. The zero-order valence-electron chi connectivity index (χ0n) is 11.6. The first-order chi connectivity index (χ1) is 9.15. The van der Waals surface area contributed by atoms with Crippen LogP contribution in [0.2, 0.25) is 0 Å². The van der Waals surface area contributed by atoms with E-state index in [1.807, 2.05) is 12.3 Å². The van der Waals surface area contributed by atoms with Crippen LogP contribution in [0.4, 0.5) is 0 Å². The normalized spacial score (nSPS) is 12.4. The molecule has 2 aromatic rings. The molecule has 0 saturated carbocycles. The lowest BCUT2D eigenvalue weighted by Crippen LogP contribution is -2.12. The van der Waals surface area contributed by atoms with Gasteiger partial charge in [-0.3, -0.25) is 4.98 Å². The molecule has 1 aromatic carbocycles. The van der Waals surface area contributed by atoms with E-state index in [4.69, 9.17) is 0 Å². The predicted octanol–water partition coefficient (Wildman–Crippen LogP) is 3.23. The highest BCUT2D eigenvalue weighted by Gasteiger charge is 2.08. The van der Waals surface area contributed by atoms with Gasteiger partial charge in [0.2, 0.25) is 0 Å². The summed E-state index contributed by atoms with van der Waals surface area (Å²) in [5, 5.41) is 10.2. The Bertz CT molecular complexity index is 522. The first-order valence-corrected chi connectivity index (χ1v) is 6.78. The third-order valence-corrected chi connectivity index (χ3v) is 3.45. The molecule has 2 rings (SSSR count). The van der Waals surface area contributed by atoms with Crippen molar-refractivity contribution in [2.24, 2.45) is 0 Å². The Hall–Kier alpha value is -1.67. The lowest BCUT2D eigenvalue weighted by molar-refractivity contribution is 0.165. The lowest BCUT2D eigenvalue weighted by Gasteiger charge is -2.13. The van der Waals surface area contributed by atoms with Gasteiger partial charge in [0.15, 0.2) is 0 Å². The van der Waals surface area contributed by atoms with Crippen molar-refractivity contribution in [2.75, 3.05) is 0 Å². The summed E-state index contributed by atoms with van der Waals surface area (Å²) in [5.41, 5.74) is 4.94. The number of nitrogens with zero attached hydrogens (tertiary/aromatic N) is 1. The predicted molar refractivity (Wildman–Crippen MR) is 78.2 cm³/mol. The molecule has 0 radical (unpaired) electrons. The molecule has 19 heavy (non-hydrogen) atoms. The maximum absolute atomic E-state index is 10.2. The third kappa shape index (κ3) is 4.18. The number of rotatable bonds is 5. The number of aryl methyl sites for hydroxylation is 3. The summed E-state index contributed by atoms with van der Waals surface area (Å²) in [6.07, 6.45) is 5.73. The van der Waals surface area contributed by atoms with Crippen LogP contribution in [0.25, 0.3) is 0 Å². The second kappa shape index (κ2) is 6.48. The van der Waals surface area contributed by atoms with Crippen molar-refractivity contribution in [3.05, 3.63) is 65.0 Å². The van der Waals surface area contributed by atoms with Crippen LogP contribution in [0, 0.1) is 13.8 Å². The molecule has 1 aromatic heterocycles. The van der Waals surface area contributed by atoms with Crippen molar-refractivity contribution in [1.29, 1.82) is 0 Å². The minimum absolute atomic E-state index is 0.291. The molecule has 2 heteroatoms. The van der Waals surface area contributed by atoms with Crippen LogP contribution in [-0.2, 0) is 12.8 Å². The monoisotopic (exact) mass is 255 g/mol. The minimum Gasteiger partial charge on any atom is -0.393 e. The standard InChI is InChI=1S/C17H21NO/c1-13-5-6-14(2)16(10-13)11-17(19)8-7-15-4-3-9-18-12-15/h3-6,9-10,12,17,19H,7-8,11H2,1-2H3. The van der Waals surface area contributed by atoms with Gasteiger partial charge < -0.3 is 5.11 Å². The number of hydrogen-bond donors (Lipinski definition) is 1. The van der Waals surface area contributed by atoms with Crippen LogP contribution in [0.1, 0.15) is 28.7 Å². The summed E-state index contributed by atoms with van der Waals surface area (Å²) >= 11 is 0. The van der Waals surface area contributed by atoms with Gasteiger partial charge in [-0.25, -0.2) is 0 Å². The maximum atomic E-state index is 10.2. The van der Waals surface area contributed by atoms with E-state index < -0.39 is 0 Å². The summed E-state index contributed by atoms with van der Waals surface area (Å²) in [4.78, 5) is 4.09. The smallest absolute Gasteiger partial charge is 0.0583 e. The Morgan fingerprint density at radius 3 is 2.79 bits per heavy atom. The van der Waals surface area contributed by atoms with Crippen molar-refractivity contribution in [1.82, 2.24) is 4.98 Å². The highest BCUT2D eigenvalue weighted by atomic mass is 16.3. The molecular weight excluding hydrogens is 234 g/mol. The summed E-state index contributed by atoms with van der Waals surface area (Å²) < 4.78 is 0. The van der Waals surface area contributed by atoms with Crippen molar-refractivity contribution in [3.8, 4) is 0 Å². The fraction of sp³-hybridized carbons (Fsp3) is 0.353. The summed E-state index contributed by atoms with van der Waals surface area (Å²) in [7, 11) is 0. The van der Waals surface area contributed by atoms with E-state index in [2.05, 4.69) is 43.1 Å². The average molecular weight is 255 g/mol. The van der Waals surface area contributed by atoms with Crippen LogP contribution >= 0.6 is 0 Å². The highest BCUT2D eigenvalue weighted by Crippen LogP contribution is 2.15. The molecule has 2 nitrogen and oxygen atoms in total. The summed E-state index contributed by atoms with van der Waals surface area (Å²) in [6, 6.07) is 10.4. The van der Waals surface area contributed by atoms with Crippen molar-refractivity contribution in [2.45, 2.75) is 39.2 Å². The quantitative estimate of drug-likeness (QED) is 0.889. The van der Waals surface area contributed by atoms with Crippen LogP contribution in [0.3, 0.4) is 0 Å². The molecule has 0 aliphatic rings. The number of hydrogen-bond acceptors (Lipinski definition) is 2. The van der Waals surface area contributed by atoms with E-state index in [-0.39, 0.29) is 6.10 Å². The van der Waals surface area contributed by atoms with E-state index in [0.717, 1.165) is 19.3 Å².